The quantitative estimate of drug-likeness (QED) is 0.459. The number of hydrogen-bond acceptors (Lipinski definition) is 4. The molecule has 0 unspecified atom stereocenters. The summed E-state index contributed by atoms with van der Waals surface area (Å²) in [4.78, 5) is 0. The van der Waals surface area contributed by atoms with Crippen LogP contribution < -0.4 is 19.5 Å². The standard InChI is InChI=1S/C23H23Cl2NO3/c1-27-21-11-4-3-7-16(21)13-26-14-17-8-5-12-22(28-2)23(17)29-15-18-19(24)9-6-10-20(18)25/h3-12,26H,13-15H2,1-2H3. The predicted octanol–water partition coefficient (Wildman–Crippen LogP) is 5.88. The van der Waals surface area contributed by atoms with E-state index in [2.05, 4.69) is 5.32 Å². The second-order valence-electron chi connectivity index (χ2n) is 6.35. The molecule has 3 rings (SSSR count). The van der Waals surface area contributed by atoms with Gasteiger partial charge in [0.1, 0.15) is 12.4 Å². The second kappa shape index (κ2) is 10.4. The van der Waals surface area contributed by atoms with Gasteiger partial charge in [0.25, 0.3) is 0 Å². The lowest BCUT2D eigenvalue weighted by Gasteiger charge is -2.17. The monoisotopic (exact) mass is 431 g/mol. The Morgan fingerprint density at radius 3 is 2.03 bits per heavy atom. The van der Waals surface area contributed by atoms with Crippen LogP contribution in [0.25, 0.3) is 0 Å². The maximum Gasteiger partial charge on any atom is 0.166 e. The zero-order chi connectivity index (χ0) is 20.6. The lowest BCUT2D eigenvalue weighted by molar-refractivity contribution is 0.280. The number of para-hydroxylation sites is 2. The van der Waals surface area contributed by atoms with Crippen LogP contribution in [0.2, 0.25) is 10.0 Å². The van der Waals surface area contributed by atoms with Crippen LogP contribution >= 0.6 is 23.2 Å². The van der Waals surface area contributed by atoms with E-state index in [0.717, 1.165) is 22.4 Å². The highest BCUT2D eigenvalue weighted by molar-refractivity contribution is 6.35. The topological polar surface area (TPSA) is 39.7 Å². The van der Waals surface area contributed by atoms with Crippen molar-refractivity contribution in [3.05, 3.63) is 87.4 Å². The molecule has 0 amide bonds. The Hall–Kier alpha value is -2.40. The molecule has 29 heavy (non-hydrogen) atoms. The first-order valence-corrected chi connectivity index (χ1v) is 9.93. The van der Waals surface area contributed by atoms with Crippen LogP contribution in [-0.2, 0) is 19.7 Å². The summed E-state index contributed by atoms with van der Waals surface area (Å²) in [5.41, 5.74) is 2.81. The minimum atomic E-state index is 0.248. The molecule has 3 aromatic rings. The first-order chi connectivity index (χ1) is 14.1. The van der Waals surface area contributed by atoms with Gasteiger partial charge in [0.2, 0.25) is 0 Å². The molecule has 4 nitrogen and oxygen atoms in total. The molecule has 0 aliphatic carbocycles. The number of benzene rings is 3. The highest BCUT2D eigenvalue weighted by atomic mass is 35.5. The second-order valence-corrected chi connectivity index (χ2v) is 7.17. The maximum atomic E-state index is 6.27. The van der Waals surface area contributed by atoms with E-state index in [1.54, 1.807) is 26.4 Å². The van der Waals surface area contributed by atoms with E-state index in [-0.39, 0.29) is 6.61 Å². The summed E-state index contributed by atoms with van der Waals surface area (Å²) >= 11 is 12.5. The fourth-order valence-corrected chi connectivity index (χ4v) is 3.53. The van der Waals surface area contributed by atoms with Crippen molar-refractivity contribution in [3.63, 3.8) is 0 Å². The van der Waals surface area contributed by atoms with Crippen LogP contribution in [0.5, 0.6) is 17.2 Å². The van der Waals surface area contributed by atoms with Crippen LogP contribution in [0.3, 0.4) is 0 Å². The van der Waals surface area contributed by atoms with Gasteiger partial charge in [-0.25, -0.2) is 0 Å². The molecule has 0 spiro atoms. The Kier molecular flexibility index (Phi) is 7.64. The van der Waals surface area contributed by atoms with Gasteiger partial charge in [-0.2, -0.15) is 0 Å². The van der Waals surface area contributed by atoms with Gasteiger partial charge in [-0.15, -0.1) is 0 Å². The minimum absolute atomic E-state index is 0.248. The molecule has 0 aliphatic heterocycles. The third-order valence-electron chi connectivity index (χ3n) is 4.53. The summed E-state index contributed by atoms with van der Waals surface area (Å²) in [5.74, 6) is 2.18. The SMILES string of the molecule is COc1ccccc1CNCc1cccc(OC)c1OCc1c(Cl)cccc1Cl. The largest absolute Gasteiger partial charge is 0.496 e. The van der Waals surface area contributed by atoms with Crippen molar-refractivity contribution < 1.29 is 14.2 Å². The molecule has 152 valence electrons. The summed E-state index contributed by atoms with van der Waals surface area (Å²) in [6.07, 6.45) is 0. The van der Waals surface area contributed by atoms with Crippen LogP contribution in [0.4, 0.5) is 0 Å². The van der Waals surface area contributed by atoms with Gasteiger partial charge in [-0.1, -0.05) is 59.6 Å². The summed E-state index contributed by atoms with van der Waals surface area (Å²) < 4.78 is 17.0. The normalized spacial score (nSPS) is 10.6. The Morgan fingerprint density at radius 1 is 0.724 bits per heavy atom. The number of methoxy groups -OCH3 is 2. The van der Waals surface area contributed by atoms with E-state index in [1.165, 1.54) is 0 Å². The van der Waals surface area contributed by atoms with E-state index in [9.17, 15) is 0 Å². The lowest BCUT2D eigenvalue weighted by atomic mass is 10.1. The van der Waals surface area contributed by atoms with Crippen molar-refractivity contribution in [1.82, 2.24) is 5.32 Å². The highest BCUT2D eigenvalue weighted by Gasteiger charge is 2.13. The van der Waals surface area contributed by atoms with Gasteiger partial charge >= 0.3 is 0 Å². The smallest absolute Gasteiger partial charge is 0.166 e. The fraction of sp³-hybridized carbons (Fsp3) is 0.217. The van der Waals surface area contributed by atoms with Gasteiger partial charge in [0.15, 0.2) is 11.5 Å². The number of nitrogens with one attached hydrogen (secondary N) is 1. The highest BCUT2D eigenvalue weighted by Crippen LogP contribution is 2.33. The van der Waals surface area contributed by atoms with Gasteiger partial charge in [-0.3, -0.25) is 0 Å². The molecule has 0 heterocycles. The molecule has 3 aromatic carbocycles. The Balaban J connectivity index is 1.74. The molecule has 0 aromatic heterocycles. The Morgan fingerprint density at radius 2 is 1.31 bits per heavy atom. The number of halogens is 2. The van der Waals surface area contributed by atoms with Crippen molar-refractivity contribution in [3.8, 4) is 17.2 Å². The molecule has 0 aliphatic rings. The van der Waals surface area contributed by atoms with Crippen LogP contribution in [0.15, 0.2) is 60.7 Å². The summed E-state index contributed by atoms with van der Waals surface area (Å²) in [7, 11) is 3.30. The zero-order valence-corrected chi connectivity index (χ0v) is 17.9. The van der Waals surface area contributed by atoms with Gasteiger partial charge in [0.05, 0.1) is 14.2 Å². The average Bonchev–Trinajstić information content (AvgIpc) is 2.74. The summed E-state index contributed by atoms with van der Waals surface area (Å²) in [6.45, 7) is 1.51. The maximum absolute atomic E-state index is 6.27. The molecule has 0 saturated carbocycles. The van der Waals surface area contributed by atoms with Crippen LogP contribution in [0.1, 0.15) is 16.7 Å². The molecule has 0 bridgehead atoms. The average molecular weight is 432 g/mol. The third-order valence-corrected chi connectivity index (χ3v) is 5.23. The van der Waals surface area contributed by atoms with Crippen molar-refractivity contribution in [2.24, 2.45) is 0 Å². The molecule has 0 fully saturated rings. The molecule has 0 saturated heterocycles. The van der Waals surface area contributed by atoms with E-state index < -0.39 is 0 Å². The van der Waals surface area contributed by atoms with Gasteiger partial charge in [0, 0.05) is 39.8 Å². The molecular weight excluding hydrogens is 409 g/mol. The van der Waals surface area contributed by atoms with Gasteiger partial charge < -0.3 is 19.5 Å². The fourth-order valence-electron chi connectivity index (χ4n) is 3.02. The van der Waals surface area contributed by atoms with E-state index in [4.69, 9.17) is 37.4 Å². The van der Waals surface area contributed by atoms with Crippen molar-refractivity contribution >= 4 is 23.2 Å². The predicted molar refractivity (Wildman–Crippen MR) is 117 cm³/mol. The molecule has 0 radical (unpaired) electrons. The van der Waals surface area contributed by atoms with Crippen molar-refractivity contribution in [1.29, 1.82) is 0 Å². The molecule has 1 N–H and O–H groups in total. The zero-order valence-electron chi connectivity index (χ0n) is 16.4. The molecular formula is C23H23Cl2NO3. The Labute approximate surface area is 181 Å². The van der Waals surface area contributed by atoms with Crippen LogP contribution in [0, 0.1) is 0 Å². The van der Waals surface area contributed by atoms with Crippen LogP contribution in [-0.4, -0.2) is 14.2 Å². The van der Waals surface area contributed by atoms with E-state index in [1.807, 2.05) is 48.5 Å². The first-order valence-electron chi connectivity index (χ1n) is 9.18. The molecule has 6 heteroatoms. The third kappa shape index (κ3) is 5.36. The molecule has 0 atom stereocenters. The first kappa shape index (κ1) is 21.3. The van der Waals surface area contributed by atoms with Crippen molar-refractivity contribution in [2.45, 2.75) is 19.7 Å². The van der Waals surface area contributed by atoms with Crippen molar-refractivity contribution in [2.75, 3.05) is 14.2 Å². The van der Waals surface area contributed by atoms with Gasteiger partial charge in [-0.05, 0) is 24.3 Å². The minimum Gasteiger partial charge on any atom is -0.496 e. The summed E-state index contributed by atoms with van der Waals surface area (Å²) in [5, 5.41) is 4.58. The number of hydrogen-bond donors (Lipinski definition) is 1. The van der Waals surface area contributed by atoms with E-state index in [0.29, 0.717) is 34.6 Å². The Bertz CT molecular complexity index is 942. The number of ether oxygens (including phenoxy) is 3. The lowest BCUT2D eigenvalue weighted by Crippen LogP contribution is -2.14. The summed E-state index contributed by atoms with van der Waals surface area (Å²) in [6, 6.07) is 19.1. The van der Waals surface area contributed by atoms with E-state index >= 15 is 0 Å². The number of rotatable bonds is 9.